The van der Waals surface area contributed by atoms with Crippen LogP contribution in [0.15, 0.2) is 0 Å². The third-order valence-corrected chi connectivity index (χ3v) is 9.79. The van der Waals surface area contributed by atoms with E-state index in [2.05, 4.69) is 39.2 Å². The molecule has 7 heteroatoms. The van der Waals surface area contributed by atoms with E-state index in [1.165, 1.54) is 7.11 Å². The lowest BCUT2D eigenvalue weighted by Crippen LogP contribution is -2.45. The summed E-state index contributed by atoms with van der Waals surface area (Å²) in [5, 5.41) is 12.9. The van der Waals surface area contributed by atoms with E-state index >= 15 is 0 Å². The Morgan fingerprint density at radius 1 is 1.25 bits per heavy atom. The molecule has 0 aromatic carbocycles. The third kappa shape index (κ3) is 5.86. The van der Waals surface area contributed by atoms with Gasteiger partial charge in [0.2, 0.25) is 5.91 Å². The Bertz CT molecular complexity index is 447. The molecule has 0 aromatic rings. The van der Waals surface area contributed by atoms with Crippen molar-refractivity contribution in [1.82, 2.24) is 5.32 Å². The molecule has 140 valence electrons. The lowest BCUT2D eigenvalue weighted by molar-refractivity contribution is -0.145. The molecule has 24 heavy (non-hydrogen) atoms. The molecule has 1 fully saturated rings. The minimum absolute atomic E-state index is 0.0860. The highest BCUT2D eigenvalue weighted by Crippen LogP contribution is 2.36. The molecule has 1 aliphatic carbocycles. The van der Waals surface area contributed by atoms with E-state index in [0.717, 1.165) is 0 Å². The second-order valence-electron chi connectivity index (χ2n) is 8.20. The molecule has 6 nitrogen and oxygen atoms in total. The van der Waals surface area contributed by atoms with E-state index in [0.29, 0.717) is 19.3 Å². The van der Waals surface area contributed by atoms with Crippen molar-refractivity contribution in [2.45, 2.75) is 64.3 Å². The van der Waals surface area contributed by atoms with Gasteiger partial charge in [-0.05, 0) is 37.4 Å². The van der Waals surface area contributed by atoms with Gasteiger partial charge in [0.1, 0.15) is 0 Å². The zero-order valence-corrected chi connectivity index (χ0v) is 16.8. The topological polar surface area (TPSA) is 84.9 Å². The number of hydrogen-bond acceptors (Lipinski definition) is 5. The fourth-order valence-corrected chi connectivity index (χ4v) is 3.59. The van der Waals surface area contributed by atoms with Crippen molar-refractivity contribution in [2.75, 3.05) is 20.3 Å². The predicted octanol–water partition coefficient (Wildman–Crippen LogP) is 2.07. The van der Waals surface area contributed by atoms with Crippen molar-refractivity contribution in [3.8, 4) is 0 Å². The molecule has 3 atom stereocenters. The largest absolute Gasteiger partial charge is 0.469 e. The molecule has 1 aliphatic rings. The number of esters is 1. The van der Waals surface area contributed by atoms with Gasteiger partial charge in [0.05, 0.1) is 25.7 Å². The molecule has 2 N–H and O–H groups in total. The molecule has 0 aromatic heterocycles. The van der Waals surface area contributed by atoms with Crippen LogP contribution in [-0.4, -0.2) is 51.7 Å². The van der Waals surface area contributed by atoms with E-state index < -0.39 is 14.4 Å². The average molecular weight is 360 g/mol. The van der Waals surface area contributed by atoms with Crippen LogP contribution in [0.1, 0.15) is 40.0 Å². The molecule has 1 saturated carbocycles. The minimum atomic E-state index is -1.90. The first-order valence-electron chi connectivity index (χ1n) is 8.65. The summed E-state index contributed by atoms with van der Waals surface area (Å²) in [6.07, 6.45) is 1.17. The van der Waals surface area contributed by atoms with Gasteiger partial charge < -0.3 is 19.6 Å². The van der Waals surface area contributed by atoms with Crippen LogP contribution in [0.5, 0.6) is 0 Å². The van der Waals surface area contributed by atoms with Crippen molar-refractivity contribution in [2.24, 2.45) is 11.8 Å². The van der Waals surface area contributed by atoms with Crippen LogP contribution in [0, 0.1) is 11.8 Å². The molecule has 3 unspecified atom stereocenters. The van der Waals surface area contributed by atoms with Gasteiger partial charge in [0, 0.05) is 12.5 Å². The Morgan fingerprint density at radius 3 is 2.38 bits per heavy atom. The molecule has 0 radical (unpaired) electrons. The number of aliphatic hydroxyl groups excluding tert-OH is 1. The van der Waals surface area contributed by atoms with Crippen molar-refractivity contribution < 1.29 is 23.9 Å². The van der Waals surface area contributed by atoms with E-state index in [4.69, 9.17) is 9.16 Å². The molecule has 1 rings (SSSR count). The fourth-order valence-electron chi connectivity index (χ4n) is 2.54. The van der Waals surface area contributed by atoms with Crippen LogP contribution in [0.2, 0.25) is 18.1 Å². The van der Waals surface area contributed by atoms with Crippen molar-refractivity contribution in [3.63, 3.8) is 0 Å². The summed E-state index contributed by atoms with van der Waals surface area (Å²) in [5.41, 5.74) is 0. The Kier molecular flexibility index (Phi) is 7.43. The third-order valence-electron chi connectivity index (χ3n) is 5.29. The van der Waals surface area contributed by atoms with Gasteiger partial charge in [-0.2, -0.15) is 0 Å². The quantitative estimate of drug-likeness (QED) is 0.537. The maximum absolute atomic E-state index is 12.2. The van der Waals surface area contributed by atoms with E-state index in [1.54, 1.807) is 0 Å². The number of carbonyl (C=O) groups excluding carboxylic acids is 2. The predicted molar refractivity (Wildman–Crippen MR) is 95.0 cm³/mol. The minimum Gasteiger partial charge on any atom is -0.469 e. The first kappa shape index (κ1) is 21.1. The van der Waals surface area contributed by atoms with Crippen LogP contribution in [0.4, 0.5) is 0 Å². The van der Waals surface area contributed by atoms with Gasteiger partial charge in [0.15, 0.2) is 8.32 Å². The van der Waals surface area contributed by atoms with Gasteiger partial charge in [-0.25, -0.2) is 0 Å². The van der Waals surface area contributed by atoms with E-state index in [-0.39, 0.29) is 41.9 Å². The molecule has 0 saturated heterocycles. The van der Waals surface area contributed by atoms with Gasteiger partial charge >= 0.3 is 5.97 Å². The summed E-state index contributed by atoms with van der Waals surface area (Å²) in [4.78, 5) is 23.7. The molecule has 0 heterocycles. The zero-order valence-electron chi connectivity index (χ0n) is 15.8. The standard InChI is InChI=1S/C17H33NO5Si/c1-17(2,3)24(5,6)23-11-14(19)10-18-15(20)12-7-8-13(9-12)16(21)22-4/h12-14,19H,7-11H2,1-6H3,(H,18,20). The lowest BCUT2D eigenvalue weighted by atomic mass is 10.0. The Hall–Kier alpha value is -0.923. The first-order chi connectivity index (χ1) is 11.0. The maximum atomic E-state index is 12.2. The molecule has 0 aliphatic heterocycles. The monoisotopic (exact) mass is 359 g/mol. The van der Waals surface area contributed by atoms with Gasteiger partial charge in [-0.1, -0.05) is 20.8 Å². The molecular weight excluding hydrogens is 326 g/mol. The maximum Gasteiger partial charge on any atom is 0.308 e. The number of amides is 1. The second-order valence-corrected chi connectivity index (χ2v) is 13.0. The Morgan fingerprint density at radius 2 is 1.83 bits per heavy atom. The first-order valence-corrected chi connectivity index (χ1v) is 11.6. The molecule has 1 amide bonds. The molecule has 0 bridgehead atoms. The summed E-state index contributed by atoms with van der Waals surface area (Å²) in [6.45, 7) is 11.1. The lowest BCUT2D eigenvalue weighted by Gasteiger charge is -2.36. The highest BCUT2D eigenvalue weighted by molar-refractivity contribution is 6.74. The number of aliphatic hydroxyl groups is 1. The number of methoxy groups -OCH3 is 1. The number of hydrogen-bond donors (Lipinski definition) is 2. The van der Waals surface area contributed by atoms with Crippen LogP contribution < -0.4 is 5.32 Å². The van der Waals surface area contributed by atoms with Crippen molar-refractivity contribution in [1.29, 1.82) is 0 Å². The van der Waals surface area contributed by atoms with E-state index in [9.17, 15) is 14.7 Å². The van der Waals surface area contributed by atoms with Crippen molar-refractivity contribution >= 4 is 20.2 Å². The highest BCUT2D eigenvalue weighted by atomic mass is 28.4. The highest BCUT2D eigenvalue weighted by Gasteiger charge is 2.38. The smallest absolute Gasteiger partial charge is 0.308 e. The average Bonchev–Trinajstić information content (AvgIpc) is 2.98. The normalized spacial score (nSPS) is 23.0. The fraction of sp³-hybridized carbons (Fsp3) is 0.882. The van der Waals surface area contributed by atoms with Gasteiger partial charge in [-0.15, -0.1) is 0 Å². The summed E-state index contributed by atoms with van der Waals surface area (Å²) in [5.74, 6) is -0.707. The number of ether oxygens (including phenoxy) is 1. The molecule has 0 spiro atoms. The van der Waals surface area contributed by atoms with Crippen LogP contribution in [-0.2, 0) is 18.8 Å². The summed E-state index contributed by atoms with van der Waals surface area (Å²) in [7, 11) is -0.530. The van der Waals surface area contributed by atoms with Gasteiger partial charge in [0.25, 0.3) is 0 Å². The zero-order chi connectivity index (χ0) is 18.5. The van der Waals surface area contributed by atoms with Gasteiger partial charge in [-0.3, -0.25) is 9.59 Å². The van der Waals surface area contributed by atoms with Crippen LogP contribution in [0.25, 0.3) is 0 Å². The number of rotatable bonds is 7. The SMILES string of the molecule is COC(=O)C1CCC(C(=O)NCC(O)CO[Si](C)(C)C(C)(C)C)C1. The summed E-state index contributed by atoms with van der Waals surface area (Å²) < 4.78 is 10.7. The second kappa shape index (κ2) is 8.45. The van der Waals surface area contributed by atoms with Crippen LogP contribution >= 0.6 is 0 Å². The summed E-state index contributed by atoms with van der Waals surface area (Å²) >= 11 is 0. The van der Waals surface area contributed by atoms with Crippen molar-refractivity contribution in [3.05, 3.63) is 0 Å². The van der Waals surface area contributed by atoms with Crippen LogP contribution in [0.3, 0.4) is 0 Å². The number of nitrogens with one attached hydrogen (secondary N) is 1. The number of carbonyl (C=O) groups is 2. The summed E-state index contributed by atoms with van der Waals surface area (Å²) in [6, 6.07) is 0. The van der Waals surface area contributed by atoms with E-state index in [1.807, 2.05) is 0 Å². The molecular formula is C17H33NO5Si. The Balaban J connectivity index is 2.33. The Labute approximate surface area is 146 Å².